The van der Waals surface area contributed by atoms with Crippen LogP contribution in [0.4, 0.5) is 0 Å². The Morgan fingerprint density at radius 3 is 2.21 bits per heavy atom. The summed E-state index contributed by atoms with van der Waals surface area (Å²) in [5, 5.41) is 3.60. The van der Waals surface area contributed by atoms with Gasteiger partial charge in [-0.25, -0.2) is 0 Å². The van der Waals surface area contributed by atoms with Crippen molar-refractivity contribution in [2.24, 2.45) is 0 Å². The zero-order valence-corrected chi connectivity index (χ0v) is 12.1. The molecule has 100 valence electrons. The predicted molar refractivity (Wildman–Crippen MR) is 80.1 cm³/mol. The van der Waals surface area contributed by atoms with E-state index < -0.39 is 0 Å². The number of pyridine rings is 1. The second kappa shape index (κ2) is 5.98. The number of hydrogen-bond donors (Lipinski definition) is 1. The quantitative estimate of drug-likeness (QED) is 0.888. The molecule has 19 heavy (non-hydrogen) atoms. The maximum atomic E-state index is 4.40. The molecule has 2 atom stereocenters. The Morgan fingerprint density at radius 2 is 1.63 bits per heavy atom. The van der Waals surface area contributed by atoms with Gasteiger partial charge in [0.1, 0.15) is 0 Å². The van der Waals surface area contributed by atoms with Crippen molar-refractivity contribution in [2.45, 2.75) is 39.8 Å². The first-order valence-corrected chi connectivity index (χ1v) is 6.81. The van der Waals surface area contributed by atoms with E-state index in [-0.39, 0.29) is 6.04 Å². The van der Waals surface area contributed by atoms with Crippen LogP contribution in [0.3, 0.4) is 0 Å². The number of rotatable bonds is 4. The van der Waals surface area contributed by atoms with Gasteiger partial charge < -0.3 is 5.32 Å². The highest BCUT2D eigenvalue weighted by Crippen LogP contribution is 2.20. The third-order valence-electron chi connectivity index (χ3n) is 3.38. The standard InChI is InChI=1S/C17H22N2/c1-12-9-13(2)11-16(10-12)14(3)19-15(4)17-7-5-6-8-18-17/h5-11,14-15,19H,1-4H3/t14?,15-/m0/s1. The van der Waals surface area contributed by atoms with Crippen LogP contribution in [0, 0.1) is 13.8 Å². The van der Waals surface area contributed by atoms with Crippen LogP contribution in [0.25, 0.3) is 0 Å². The summed E-state index contributed by atoms with van der Waals surface area (Å²) in [7, 11) is 0. The normalized spacial score (nSPS) is 14.1. The molecule has 2 rings (SSSR count). The summed E-state index contributed by atoms with van der Waals surface area (Å²) in [4.78, 5) is 4.40. The Balaban J connectivity index is 2.10. The van der Waals surface area contributed by atoms with Crippen molar-refractivity contribution >= 4 is 0 Å². The maximum Gasteiger partial charge on any atom is 0.0570 e. The largest absolute Gasteiger partial charge is 0.302 e. The Kier molecular flexibility index (Phi) is 4.33. The molecule has 0 radical (unpaired) electrons. The molecule has 0 spiro atoms. The second-order valence-electron chi connectivity index (χ2n) is 5.29. The van der Waals surface area contributed by atoms with Crippen LogP contribution >= 0.6 is 0 Å². The van der Waals surface area contributed by atoms with Crippen molar-refractivity contribution in [3.63, 3.8) is 0 Å². The van der Waals surface area contributed by atoms with Gasteiger partial charge >= 0.3 is 0 Å². The van der Waals surface area contributed by atoms with E-state index in [2.05, 4.69) is 62.3 Å². The summed E-state index contributed by atoms with van der Waals surface area (Å²) < 4.78 is 0. The van der Waals surface area contributed by atoms with Gasteiger partial charge in [0.2, 0.25) is 0 Å². The first-order valence-electron chi connectivity index (χ1n) is 6.81. The lowest BCUT2D eigenvalue weighted by molar-refractivity contribution is 0.486. The zero-order valence-electron chi connectivity index (χ0n) is 12.1. The summed E-state index contributed by atoms with van der Waals surface area (Å²) in [5.41, 5.74) is 5.04. The zero-order chi connectivity index (χ0) is 13.8. The summed E-state index contributed by atoms with van der Waals surface area (Å²) in [6.07, 6.45) is 1.84. The number of aryl methyl sites for hydroxylation is 2. The Hall–Kier alpha value is -1.67. The third kappa shape index (κ3) is 3.65. The molecule has 2 aromatic rings. The van der Waals surface area contributed by atoms with Crippen LogP contribution in [-0.4, -0.2) is 4.98 Å². The average Bonchev–Trinajstić information content (AvgIpc) is 2.38. The molecule has 2 nitrogen and oxygen atoms in total. The molecule has 0 aliphatic heterocycles. The molecule has 0 aliphatic rings. The summed E-state index contributed by atoms with van der Waals surface area (Å²) >= 11 is 0. The molecule has 0 amide bonds. The van der Waals surface area contributed by atoms with Crippen molar-refractivity contribution in [1.82, 2.24) is 10.3 Å². The van der Waals surface area contributed by atoms with Gasteiger partial charge in [-0.2, -0.15) is 0 Å². The maximum absolute atomic E-state index is 4.40. The molecule has 0 aliphatic carbocycles. The van der Waals surface area contributed by atoms with Gasteiger partial charge in [0, 0.05) is 18.3 Å². The van der Waals surface area contributed by atoms with Crippen LogP contribution in [0.2, 0.25) is 0 Å². The average molecular weight is 254 g/mol. The second-order valence-corrected chi connectivity index (χ2v) is 5.29. The summed E-state index contributed by atoms with van der Waals surface area (Å²) in [6, 6.07) is 13.3. The van der Waals surface area contributed by atoms with Crippen LogP contribution in [-0.2, 0) is 0 Å². The smallest absolute Gasteiger partial charge is 0.0570 e. The first kappa shape index (κ1) is 13.8. The lowest BCUT2D eigenvalue weighted by Crippen LogP contribution is -2.23. The van der Waals surface area contributed by atoms with Crippen LogP contribution in [0.1, 0.15) is 48.3 Å². The Bertz CT molecular complexity index is 514. The van der Waals surface area contributed by atoms with Gasteiger partial charge in [-0.3, -0.25) is 4.98 Å². The van der Waals surface area contributed by atoms with E-state index in [1.807, 2.05) is 18.3 Å². The highest BCUT2D eigenvalue weighted by atomic mass is 15.0. The lowest BCUT2D eigenvalue weighted by Gasteiger charge is -2.20. The molecular formula is C17H22N2. The van der Waals surface area contributed by atoms with Gasteiger partial charge in [-0.1, -0.05) is 35.4 Å². The third-order valence-corrected chi connectivity index (χ3v) is 3.38. The number of benzene rings is 1. The number of nitrogens with one attached hydrogen (secondary N) is 1. The van der Waals surface area contributed by atoms with Crippen molar-refractivity contribution < 1.29 is 0 Å². The minimum Gasteiger partial charge on any atom is -0.302 e. The molecule has 0 saturated carbocycles. The molecular weight excluding hydrogens is 232 g/mol. The number of hydrogen-bond acceptors (Lipinski definition) is 2. The fraction of sp³-hybridized carbons (Fsp3) is 0.353. The van der Waals surface area contributed by atoms with Gasteiger partial charge in [-0.05, 0) is 45.4 Å². The van der Waals surface area contributed by atoms with Crippen molar-refractivity contribution in [1.29, 1.82) is 0 Å². The fourth-order valence-corrected chi connectivity index (χ4v) is 2.45. The minimum absolute atomic E-state index is 0.247. The SMILES string of the molecule is Cc1cc(C)cc(C(C)N[C@@H](C)c2ccccn2)c1. The molecule has 1 aromatic carbocycles. The van der Waals surface area contributed by atoms with Crippen molar-refractivity contribution in [2.75, 3.05) is 0 Å². The first-order chi connectivity index (χ1) is 9.06. The van der Waals surface area contributed by atoms with Crippen LogP contribution in [0.15, 0.2) is 42.6 Å². The van der Waals surface area contributed by atoms with E-state index in [1.54, 1.807) is 0 Å². The highest BCUT2D eigenvalue weighted by Gasteiger charge is 2.12. The molecule has 1 heterocycles. The molecule has 1 aromatic heterocycles. The van der Waals surface area contributed by atoms with E-state index in [0.29, 0.717) is 6.04 Å². The van der Waals surface area contributed by atoms with E-state index in [9.17, 15) is 0 Å². The topological polar surface area (TPSA) is 24.9 Å². The monoisotopic (exact) mass is 254 g/mol. The van der Waals surface area contributed by atoms with Gasteiger partial charge in [0.05, 0.1) is 5.69 Å². The molecule has 0 saturated heterocycles. The van der Waals surface area contributed by atoms with E-state index in [0.717, 1.165) is 5.69 Å². The van der Waals surface area contributed by atoms with E-state index in [4.69, 9.17) is 0 Å². The summed E-state index contributed by atoms with van der Waals surface area (Å²) in [6.45, 7) is 8.64. The van der Waals surface area contributed by atoms with Gasteiger partial charge in [0.25, 0.3) is 0 Å². The van der Waals surface area contributed by atoms with Crippen molar-refractivity contribution in [3.05, 3.63) is 65.0 Å². The molecule has 1 N–H and O–H groups in total. The van der Waals surface area contributed by atoms with Crippen LogP contribution in [0.5, 0.6) is 0 Å². The molecule has 0 fully saturated rings. The van der Waals surface area contributed by atoms with E-state index >= 15 is 0 Å². The lowest BCUT2D eigenvalue weighted by atomic mass is 10.0. The molecule has 2 heteroatoms. The summed E-state index contributed by atoms with van der Waals surface area (Å²) in [5.74, 6) is 0. The van der Waals surface area contributed by atoms with Crippen LogP contribution < -0.4 is 5.32 Å². The van der Waals surface area contributed by atoms with Gasteiger partial charge in [-0.15, -0.1) is 0 Å². The molecule has 1 unspecified atom stereocenters. The van der Waals surface area contributed by atoms with E-state index in [1.165, 1.54) is 16.7 Å². The number of aromatic nitrogens is 1. The molecule has 0 bridgehead atoms. The number of nitrogens with zero attached hydrogens (tertiary/aromatic N) is 1. The highest BCUT2D eigenvalue weighted by molar-refractivity contribution is 5.30. The minimum atomic E-state index is 0.247. The Labute approximate surface area is 115 Å². The van der Waals surface area contributed by atoms with Crippen molar-refractivity contribution in [3.8, 4) is 0 Å². The predicted octanol–water partition coefficient (Wildman–Crippen LogP) is 4.11. The fourth-order valence-electron chi connectivity index (χ4n) is 2.45. The Morgan fingerprint density at radius 1 is 0.947 bits per heavy atom. The van der Waals surface area contributed by atoms with Gasteiger partial charge in [0.15, 0.2) is 0 Å².